The smallest absolute Gasteiger partial charge is 0.309 e. The van der Waals surface area contributed by atoms with E-state index in [0.29, 0.717) is 5.92 Å². The lowest BCUT2D eigenvalue weighted by molar-refractivity contribution is -0.148. The normalized spacial score (nSPS) is 39.6. The molecule has 0 spiro atoms. The molecule has 0 bridgehead atoms. The maximum Gasteiger partial charge on any atom is 0.309 e. The molecule has 0 aromatic rings. The van der Waals surface area contributed by atoms with Crippen LogP contribution >= 0.6 is 0 Å². The largest absolute Gasteiger partial charge is 0.469 e. The summed E-state index contributed by atoms with van der Waals surface area (Å²) in [5.74, 6) is 0.0946. The van der Waals surface area contributed by atoms with E-state index in [2.05, 4.69) is 31.3 Å². The van der Waals surface area contributed by atoms with E-state index in [-0.39, 0.29) is 28.6 Å². The third-order valence-electron chi connectivity index (χ3n) is 6.64. The zero-order valence-electron chi connectivity index (χ0n) is 14.4. The van der Waals surface area contributed by atoms with Crippen LogP contribution < -0.4 is 5.32 Å². The van der Waals surface area contributed by atoms with E-state index in [9.17, 15) is 9.59 Å². The number of nitrogens with one attached hydrogen (secondary N) is 1. The first kappa shape index (κ1) is 15.4. The van der Waals surface area contributed by atoms with Crippen LogP contribution in [0.3, 0.4) is 0 Å². The highest BCUT2D eigenvalue weighted by atomic mass is 16.5. The lowest BCUT2D eigenvalue weighted by atomic mass is 9.55. The highest BCUT2D eigenvalue weighted by Gasteiger charge is 2.54. The minimum atomic E-state index is -0.177. The molecule has 4 rings (SSSR count). The molecule has 0 unspecified atom stereocenters. The summed E-state index contributed by atoms with van der Waals surface area (Å²) in [7, 11) is 1.47. The number of carbonyl (C=O) groups is 2. The number of methoxy groups -OCH3 is 1. The molecule has 1 aliphatic heterocycles. The van der Waals surface area contributed by atoms with Crippen LogP contribution in [0.4, 0.5) is 0 Å². The van der Waals surface area contributed by atoms with Gasteiger partial charge in [-0.15, -0.1) is 0 Å². The number of allylic oxidation sites excluding steroid dienone is 6. The third-order valence-corrected chi connectivity index (χ3v) is 6.64. The van der Waals surface area contributed by atoms with Crippen LogP contribution in [0, 0.1) is 22.7 Å². The number of hydrogen-bond donors (Lipinski definition) is 1. The third kappa shape index (κ3) is 1.86. The molecule has 1 N–H and O–H groups in total. The fourth-order valence-corrected chi connectivity index (χ4v) is 5.13. The van der Waals surface area contributed by atoms with Crippen LogP contribution in [0.5, 0.6) is 0 Å². The highest BCUT2D eigenvalue weighted by molar-refractivity contribution is 5.91. The zero-order chi connectivity index (χ0) is 17.1. The van der Waals surface area contributed by atoms with Gasteiger partial charge in [-0.1, -0.05) is 25.2 Å². The number of hydrogen-bond acceptors (Lipinski definition) is 3. The Labute approximate surface area is 142 Å². The predicted octanol–water partition coefficient (Wildman–Crippen LogP) is 3.04. The van der Waals surface area contributed by atoms with E-state index in [1.807, 2.05) is 12.2 Å². The molecule has 4 heteroatoms. The van der Waals surface area contributed by atoms with Gasteiger partial charge in [0.25, 0.3) is 0 Å². The van der Waals surface area contributed by atoms with E-state index >= 15 is 0 Å². The first-order chi connectivity index (χ1) is 11.4. The number of ether oxygens (including phenoxy) is 1. The Morgan fingerprint density at radius 1 is 1.33 bits per heavy atom. The average molecular weight is 325 g/mol. The van der Waals surface area contributed by atoms with Gasteiger partial charge in [0.05, 0.1) is 13.0 Å². The molecular formula is C20H23NO3. The van der Waals surface area contributed by atoms with E-state index in [1.54, 1.807) is 6.08 Å². The Kier molecular flexibility index (Phi) is 3.18. The van der Waals surface area contributed by atoms with E-state index in [1.165, 1.54) is 18.3 Å². The van der Waals surface area contributed by atoms with Crippen molar-refractivity contribution in [2.75, 3.05) is 7.11 Å². The minimum Gasteiger partial charge on any atom is -0.469 e. The molecule has 24 heavy (non-hydrogen) atoms. The van der Waals surface area contributed by atoms with Gasteiger partial charge in [-0.05, 0) is 49.3 Å². The summed E-state index contributed by atoms with van der Waals surface area (Å²) in [5.41, 5.74) is 3.29. The summed E-state index contributed by atoms with van der Waals surface area (Å²) >= 11 is 0. The van der Waals surface area contributed by atoms with Crippen LogP contribution in [0.15, 0.2) is 47.2 Å². The predicted molar refractivity (Wildman–Crippen MR) is 90.6 cm³/mol. The van der Waals surface area contributed by atoms with Crippen molar-refractivity contribution in [3.8, 4) is 0 Å². The van der Waals surface area contributed by atoms with Gasteiger partial charge in [0.2, 0.25) is 5.91 Å². The maximum absolute atomic E-state index is 12.2. The van der Waals surface area contributed by atoms with Gasteiger partial charge in [-0.3, -0.25) is 9.59 Å². The lowest BCUT2D eigenvalue weighted by Gasteiger charge is -2.50. The summed E-state index contributed by atoms with van der Waals surface area (Å²) in [5, 5.41) is 2.99. The monoisotopic (exact) mass is 325 g/mol. The van der Waals surface area contributed by atoms with Crippen LogP contribution in [0.25, 0.3) is 0 Å². The first-order valence-electron chi connectivity index (χ1n) is 8.61. The average Bonchev–Trinajstić information content (AvgIpc) is 2.92. The number of amides is 1. The quantitative estimate of drug-likeness (QED) is 0.754. The highest BCUT2D eigenvalue weighted by Crippen LogP contribution is 2.61. The van der Waals surface area contributed by atoms with Gasteiger partial charge >= 0.3 is 5.97 Å². The number of fused-ring (bicyclic) bond motifs is 5. The number of rotatable bonds is 1. The minimum absolute atomic E-state index is 0.0536. The molecule has 3 aliphatic carbocycles. The van der Waals surface area contributed by atoms with E-state index in [4.69, 9.17) is 4.74 Å². The van der Waals surface area contributed by atoms with Crippen LogP contribution in [-0.4, -0.2) is 19.0 Å². The van der Waals surface area contributed by atoms with Crippen molar-refractivity contribution < 1.29 is 14.3 Å². The van der Waals surface area contributed by atoms with Crippen molar-refractivity contribution in [1.82, 2.24) is 5.32 Å². The topological polar surface area (TPSA) is 55.4 Å². The molecule has 4 nitrogen and oxygen atoms in total. The molecule has 0 radical (unpaired) electrons. The summed E-state index contributed by atoms with van der Waals surface area (Å²) < 4.78 is 5.04. The molecule has 0 saturated heterocycles. The van der Waals surface area contributed by atoms with Crippen LogP contribution in [0.1, 0.15) is 33.1 Å². The van der Waals surface area contributed by atoms with Crippen molar-refractivity contribution in [1.29, 1.82) is 0 Å². The summed E-state index contributed by atoms with van der Waals surface area (Å²) in [6.07, 6.45) is 12.8. The van der Waals surface area contributed by atoms with Gasteiger partial charge in [-0.2, -0.15) is 0 Å². The van der Waals surface area contributed by atoms with E-state index in [0.717, 1.165) is 25.0 Å². The Morgan fingerprint density at radius 2 is 2.12 bits per heavy atom. The molecule has 126 valence electrons. The van der Waals surface area contributed by atoms with Crippen molar-refractivity contribution >= 4 is 11.9 Å². The molecule has 0 aromatic heterocycles. The second-order valence-corrected chi connectivity index (χ2v) is 7.75. The van der Waals surface area contributed by atoms with Crippen LogP contribution in [0.2, 0.25) is 0 Å². The summed E-state index contributed by atoms with van der Waals surface area (Å²) in [4.78, 5) is 23.9. The van der Waals surface area contributed by atoms with Crippen molar-refractivity contribution in [2.45, 2.75) is 33.1 Å². The molecule has 4 aliphatic rings. The van der Waals surface area contributed by atoms with Crippen molar-refractivity contribution in [3.63, 3.8) is 0 Å². The molecule has 1 amide bonds. The Bertz CT molecular complexity index is 757. The van der Waals surface area contributed by atoms with Crippen LogP contribution in [-0.2, 0) is 14.3 Å². The summed E-state index contributed by atoms with van der Waals surface area (Å²) in [6.45, 7) is 4.40. The molecule has 1 saturated carbocycles. The van der Waals surface area contributed by atoms with Gasteiger partial charge in [0.1, 0.15) is 0 Å². The molecule has 4 atom stereocenters. The lowest BCUT2D eigenvalue weighted by Crippen LogP contribution is -2.46. The first-order valence-corrected chi connectivity index (χ1v) is 8.61. The van der Waals surface area contributed by atoms with E-state index < -0.39 is 0 Å². The Hall–Kier alpha value is -2.10. The zero-order valence-corrected chi connectivity index (χ0v) is 14.4. The second-order valence-electron chi connectivity index (χ2n) is 7.75. The van der Waals surface area contributed by atoms with Gasteiger partial charge in [0.15, 0.2) is 0 Å². The van der Waals surface area contributed by atoms with Gasteiger partial charge in [-0.25, -0.2) is 0 Å². The Morgan fingerprint density at radius 3 is 2.88 bits per heavy atom. The fourth-order valence-electron chi connectivity index (χ4n) is 5.13. The van der Waals surface area contributed by atoms with Crippen molar-refractivity contribution in [3.05, 3.63) is 47.2 Å². The standard InChI is InChI=1S/C20H23NO3/c1-19-10-8-14-12(13(19)5-6-15(19)18(23)24-3)4-7-16-20(14,2)11-9-17(22)21-16/h4-5,7,9,11,14-15H,6,8,10H2,1-3H3,(H,21,22)/t14-,15+,19-,20+/m0/s1. The molecular weight excluding hydrogens is 302 g/mol. The van der Waals surface area contributed by atoms with Gasteiger partial charge in [0, 0.05) is 22.6 Å². The number of esters is 1. The molecule has 1 fully saturated rings. The maximum atomic E-state index is 12.2. The number of carbonyl (C=O) groups excluding carboxylic acids is 2. The second kappa shape index (κ2) is 4.95. The molecule has 1 heterocycles. The van der Waals surface area contributed by atoms with Crippen molar-refractivity contribution in [2.24, 2.45) is 22.7 Å². The fraction of sp³-hybridized carbons (Fsp3) is 0.500. The van der Waals surface area contributed by atoms with Gasteiger partial charge < -0.3 is 10.1 Å². The summed E-state index contributed by atoms with van der Waals surface area (Å²) in [6, 6.07) is 0. The molecule has 0 aromatic carbocycles. The Balaban J connectivity index is 1.76. The SMILES string of the molecule is COC(=O)[C@H]1CC=C2C3=CC=C4NC(=O)C=C[C@]4(C)[C@H]3CC[C@@]21C.